The van der Waals surface area contributed by atoms with Crippen molar-refractivity contribution in [1.29, 1.82) is 0 Å². The third kappa shape index (κ3) is 3.27. The molecule has 6 heteroatoms. The Labute approximate surface area is 139 Å². The van der Waals surface area contributed by atoms with Gasteiger partial charge in [0.15, 0.2) is 6.61 Å². The topological polar surface area (TPSA) is 75.7 Å². The van der Waals surface area contributed by atoms with Crippen molar-refractivity contribution in [2.45, 2.75) is 6.92 Å². The lowest BCUT2D eigenvalue weighted by Gasteiger charge is -2.17. The van der Waals surface area contributed by atoms with E-state index in [2.05, 4.69) is 5.32 Å². The van der Waals surface area contributed by atoms with E-state index in [-0.39, 0.29) is 18.7 Å². The lowest BCUT2D eigenvalue weighted by molar-refractivity contribution is -0.133. The Balaban J connectivity index is 1.75. The number of anilines is 1. The van der Waals surface area contributed by atoms with Crippen LogP contribution in [0.4, 0.5) is 5.69 Å². The number of amides is 3. The van der Waals surface area contributed by atoms with Crippen molar-refractivity contribution >= 4 is 23.4 Å². The van der Waals surface area contributed by atoms with Crippen LogP contribution in [-0.2, 0) is 9.59 Å². The Kier molecular flexibility index (Phi) is 4.29. The van der Waals surface area contributed by atoms with E-state index in [0.717, 1.165) is 10.5 Å². The normalized spacial score (nSPS) is 13.8. The number of carbonyl (C=O) groups is 3. The van der Waals surface area contributed by atoms with E-state index < -0.39 is 17.7 Å². The number of carbonyl (C=O) groups excluding carboxylic acids is 3. The number of para-hydroxylation sites is 1. The predicted molar refractivity (Wildman–Crippen MR) is 87.8 cm³/mol. The molecule has 0 unspecified atom stereocenters. The van der Waals surface area contributed by atoms with E-state index in [9.17, 15) is 14.4 Å². The summed E-state index contributed by atoms with van der Waals surface area (Å²) in [5.74, 6) is -1.18. The minimum absolute atomic E-state index is 0.270. The molecule has 3 rings (SSSR count). The molecule has 3 amide bonds. The molecule has 1 N–H and O–H groups in total. The second kappa shape index (κ2) is 6.54. The molecule has 0 radical (unpaired) electrons. The van der Waals surface area contributed by atoms with E-state index in [1.54, 1.807) is 36.4 Å². The van der Waals surface area contributed by atoms with E-state index in [4.69, 9.17) is 4.74 Å². The van der Waals surface area contributed by atoms with Gasteiger partial charge in [-0.15, -0.1) is 0 Å². The van der Waals surface area contributed by atoms with Crippen molar-refractivity contribution in [2.75, 3.05) is 18.5 Å². The number of aryl methyl sites for hydroxylation is 1. The van der Waals surface area contributed by atoms with Crippen molar-refractivity contribution in [3.63, 3.8) is 0 Å². The minimum atomic E-state index is -0.546. The lowest BCUT2D eigenvalue weighted by Crippen LogP contribution is -2.42. The van der Waals surface area contributed by atoms with Crippen LogP contribution in [0.5, 0.6) is 5.75 Å². The summed E-state index contributed by atoms with van der Waals surface area (Å²) in [6, 6.07) is 13.8. The van der Waals surface area contributed by atoms with Crippen LogP contribution in [0, 0.1) is 6.92 Å². The molecule has 6 nitrogen and oxygen atoms in total. The van der Waals surface area contributed by atoms with E-state index >= 15 is 0 Å². The van der Waals surface area contributed by atoms with Crippen LogP contribution < -0.4 is 10.1 Å². The molecule has 2 aromatic carbocycles. The average molecular weight is 324 g/mol. The lowest BCUT2D eigenvalue weighted by atomic mass is 10.2. The molecule has 0 saturated carbocycles. The Morgan fingerprint density at radius 2 is 1.83 bits per heavy atom. The van der Waals surface area contributed by atoms with Crippen LogP contribution in [0.2, 0.25) is 0 Å². The maximum Gasteiger partial charge on any atom is 0.267 e. The molecule has 1 heterocycles. The number of ether oxygens (including phenoxy) is 1. The van der Waals surface area contributed by atoms with Crippen molar-refractivity contribution in [3.8, 4) is 5.75 Å². The maximum atomic E-state index is 12.5. The summed E-state index contributed by atoms with van der Waals surface area (Å²) < 4.78 is 5.33. The number of benzene rings is 2. The second-order valence-corrected chi connectivity index (χ2v) is 5.48. The largest absolute Gasteiger partial charge is 0.483 e. The highest BCUT2D eigenvalue weighted by Gasteiger charge is 2.30. The molecule has 0 fully saturated rings. The molecule has 122 valence electrons. The van der Waals surface area contributed by atoms with Crippen molar-refractivity contribution in [3.05, 3.63) is 59.7 Å². The predicted octanol–water partition coefficient (Wildman–Crippen LogP) is 1.99. The molecule has 0 saturated heterocycles. The Bertz CT molecular complexity index is 799. The van der Waals surface area contributed by atoms with Crippen LogP contribution in [0.3, 0.4) is 0 Å². The van der Waals surface area contributed by atoms with Gasteiger partial charge in [-0.25, -0.2) is 0 Å². The molecule has 1 aliphatic rings. The van der Waals surface area contributed by atoms with Crippen molar-refractivity contribution < 1.29 is 19.1 Å². The number of fused-ring (bicyclic) bond motifs is 1. The molecule has 0 aliphatic carbocycles. The fraction of sp³-hybridized carbons (Fsp3) is 0.167. The van der Waals surface area contributed by atoms with Gasteiger partial charge in [0.1, 0.15) is 12.3 Å². The summed E-state index contributed by atoms with van der Waals surface area (Å²) in [6.07, 6.45) is 0. The van der Waals surface area contributed by atoms with E-state index in [1.165, 1.54) is 0 Å². The fourth-order valence-corrected chi connectivity index (χ4v) is 2.39. The smallest absolute Gasteiger partial charge is 0.267 e. The molecule has 24 heavy (non-hydrogen) atoms. The molecule has 1 aliphatic heterocycles. The minimum Gasteiger partial charge on any atom is -0.483 e. The quantitative estimate of drug-likeness (QED) is 0.876. The van der Waals surface area contributed by atoms with Crippen LogP contribution in [0.25, 0.3) is 0 Å². The van der Waals surface area contributed by atoms with Crippen LogP contribution in [0.15, 0.2) is 48.5 Å². The van der Waals surface area contributed by atoms with Crippen LogP contribution in [0.1, 0.15) is 15.9 Å². The molecule has 0 atom stereocenters. The zero-order valence-electron chi connectivity index (χ0n) is 13.1. The summed E-state index contributed by atoms with van der Waals surface area (Å²) in [7, 11) is 0. The summed E-state index contributed by atoms with van der Waals surface area (Å²) in [4.78, 5) is 37.7. The van der Waals surface area contributed by atoms with Gasteiger partial charge in [0, 0.05) is 5.69 Å². The van der Waals surface area contributed by atoms with Gasteiger partial charge in [-0.05, 0) is 31.2 Å². The Hall–Kier alpha value is -3.15. The monoisotopic (exact) mass is 324 g/mol. The first-order valence-electron chi connectivity index (χ1n) is 7.47. The SMILES string of the molecule is Cc1ccc(NC(=O)CN2C(=O)COc3ccccc3C2=O)cc1. The van der Waals surface area contributed by atoms with Gasteiger partial charge in [0.25, 0.3) is 11.8 Å². The van der Waals surface area contributed by atoms with E-state index in [0.29, 0.717) is 11.4 Å². The molecule has 0 bridgehead atoms. The zero-order chi connectivity index (χ0) is 17.1. The first-order chi connectivity index (χ1) is 11.5. The fourth-order valence-electron chi connectivity index (χ4n) is 2.39. The zero-order valence-corrected chi connectivity index (χ0v) is 13.1. The maximum absolute atomic E-state index is 12.5. The summed E-state index contributed by atoms with van der Waals surface area (Å²) in [5, 5.41) is 2.68. The summed E-state index contributed by atoms with van der Waals surface area (Å²) in [6.45, 7) is 1.31. The van der Waals surface area contributed by atoms with Gasteiger partial charge in [-0.1, -0.05) is 29.8 Å². The number of hydrogen-bond donors (Lipinski definition) is 1. The van der Waals surface area contributed by atoms with Crippen LogP contribution in [-0.4, -0.2) is 35.8 Å². The Morgan fingerprint density at radius 1 is 1.12 bits per heavy atom. The molecule has 0 spiro atoms. The summed E-state index contributed by atoms with van der Waals surface area (Å²) in [5.41, 5.74) is 1.95. The molecule has 2 aromatic rings. The first kappa shape index (κ1) is 15.7. The van der Waals surface area contributed by atoms with Gasteiger partial charge >= 0.3 is 0 Å². The van der Waals surface area contributed by atoms with Gasteiger partial charge in [-0.2, -0.15) is 0 Å². The molecular weight excluding hydrogens is 308 g/mol. The highest BCUT2D eigenvalue weighted by Crippen LogP contribution is 2.22. The van der Waals surface area contributed by atoms with Crippen molar-refractivity contribution in [1.82, 2.24) is 4.90 Å². The second-order valence-electron chi connectivity index (χ2n) is 5.48. The average Bonchev–Trinajstić information content (AvgIpc) is 2.69. The molecule has 0 aromatic heterocycles. The third-order valence-electron chi connectivity index (χ3n) is 3.65. The van der Waals surface area contributed by atoms with Gasteiger partial charge in [-0.3, -0.25) is 19.3 Å². The first-order valence-corrected chi connectivity index (χ1v) is 7.47. The standard InChI is InChI=1S/C18H16N2O4/c1-12-6-8-13(9-7-12)19-16(21)10-20-17(22)11-24-15-5-3-2-4-14(15)18(20)23/h2-9H,10-11H2,1H3,(H,19,21). The van der Waals surface area contributed by atoms with Gasteiger partial charge in [0.2, 0.25) is 5.91 Å². The highest BCUT2D eigenvalue weighted by molar-refractivity contribution is 6.10. The van der Waals surface area contributed by atoms with Crippen LogP contribution >= 0.6 is 0 Å². The molecular formula is C18H16N2O4. The van der Waals surface area contributed by atoms with Crippen molar-refractivity contribution in [2.24, 2.45) is 0 Å². The third-order valence-corrected chi connectivity index (χ3v) is 3.65. The number of imide groups is 1. The van der Waals surface area contributed by atoms with E-state index in [1.807, 2.05) is 19.1 Å². The number of nitrogens with zero attached hydrogens (tertiary/aromatic N) is 1. The van der Waals surface area contributed by atoms with Gasteiger partial charge in [0.05, 0.1) is 5.56 Å². The highest BCUT2D eigenvalue weighted by atomic mass is 16.5. The Morgan fingerprint density at radius 3 is 2.58 bits per heavy atom. The van der Waals surface area contributed by atoms with Gasteiger partial charge < -0.3 is 10.1 Å². The number of nitrogens with one attached hydrogen (secondary N) is 1. The summed E-state index contributed by atoms with van der Waals surface area (Å²) >= 11 is 0. The number of rotatable bonds is 3. The number of hydrogen-bond acceptors (Lipinski definition) is 4.